The van der Waals surface area contributed by atoms with Gasteiger partial charge in [0.05, 0.1) is 28.4 Å². The molecular formula is C24H25N5O4S. The van der Waals surface area contributed by atoms with Crippen molar-refractivity contribution in [3.63, 3.8) is 0 Å². The molecule has 34 heavy (non-hydrogen) atoms. The summed E-state index contributed by atoms with van der Waals surface area (Å²) in [5, 5.41) is 0.839. The summed E-state index contributed by atoms with van der Waals surface area (Å²) in [6.07, 6.45) is 4.38. The minimum atomic E-state index is -3.87. The first-order chi connectivity index (χ1) is 16.3. The Kier molecular flexibility index (Phi) is 5.60. The maximum absolute atomic E-state index is 13.6. The number of benzene rings is 2. The van der Waals surface area contributed by atoms with Crippen molar-refractivity contribution in [3.05, 3.63) is 65.4 Å². The van der Waals surface area contributed by atoms with Crippen LogP contribution in [0.1, 0.15) is 40.7 Å². The molecule has 1 unspecified atom stereocenters. The lowest BCUT2D eigenvalue weighted by Gasteiger charge is -2.36. The summed E-state index contributed by atoms with van der Waals surface area (Å²) >= 11 is 0. The number of anilines is 1. The predicted octanol–water partition coefficient (Wildman–Crippen LogP) is 2.99. The molecule has 1 aromatic heterocycles. The Labute approximate surface area is 197 Å². The molecule has 1 atom stereocenters. The minimum absolute atomic E-state index is 0.0461. The van der Waals surface area contributed by atoms with Crippen LogP contribution in [0.3, 0.4) is 0 Å². The summed E-state index contributed by atoms with van der Waals surface area (Å²) < 4.78 is 35.7. The molecule has 5 rings (SSSR count). The Morgan fingerprint density at radius 2 is 2.09 bits per heavy atom. The van der Waals surface area contributed by atoms with E-state index < -0.39 is 10.2 Å². The van der Waals surface area contributed by atoms with E-state index in [0.717, 1.165) is 35.7 Å². The number of likely N-dealkylation sites (tertiary alicyclic amines) is 1. The van der Waals surface area contributed by atoms with Gasteiger partial charge in [-0.1, -0.05) is 17.7 Å². The lowest BCUT2D eigenvalue weighted by molar-refractivity contribution is 0.0530. The van der Waals surface area contributed by atoms with Crippen LogP contribution in [0, 0.1) is 6.92 Å². The van der Waals surface area contributed by atoms with E-state index in [1.165, 1.54) is 0 Å². The van der Waals surface area contributed by atoms with Gasteiger partial charge < -0.3 is 15.4 Å². The molecule has 1 amide bonds. The highest BCUT2D eigenvalue weighted by Crippen LogP contribution is 2.31. The monoisotopic (exact) mass is 479 g/mol. The number of rotatable bonds is 4. The standard InChI is InChI=1S/C24H25N5O4S/c1-15-8-9-19-18(13-15)17(10-11-26-19)24(30)29-12-3-2-5-16(29)14-33-21-7-4-6-20-22(21)23(25)28-34(31,32)27-20/h4,6-11,13,16,27H,2-3,5,12,14H2,1H3,(H2,25,28). The third-order valence-electron chi connectivity index (χ3n) is 6.19. The normalized spacial score (nSPS) is 19.1. The maximum Gasteiger partial charge on any atom is 0.344 e. The Morgan fingerprint density at radius 1 is 1.24 bits per heavy atom. The van der Waals surface area contributed by atoms with Crippen LogP contribution < -0.4 is 15.2 Å². The van der Waals surface area contributed by atoms with Crippen LogP contribution in [-0.2, 0) is 10.2 Å². The van der Waals surface area contributed by atoms with Crippen molar-refractivity contribution < 1.29 is 17.9 Å². The number of carbonyl (C=O) groups is 1. The molecule has 2 aliphatic heterocycles. The summed E-state index contributed by atoms with van der Waals surface area (Å²) in [7, 11) is -3.87. The number of piperidine rings is 1. The number of nitrogens with one attached hydrogen (secondary N) is 1. The zero-order valence-electron chi connectivity index (χ0n) is 18.7. The van der Waals surface area contributed by atoms with E-state index in [-0.39, 0.29) is 24.4 Å². The molecule has 176 valence electrons. The fourth-order valence-corrected chi connectivity index (χ4v) is 5.41. The number of hydrogen-bond acceptors (Lipinski definition) is 6. The number of nitrogens with two attached hydrogens (primary N) is 1. The number of amidine groups is 1. The molecule has 10 heteroatoms. The van der Waals surface area contributed by atoms with E-state index in [1.807, 2.05) is 30.0 Å². The largest absolute Gasteiger partial charge is 0.491 e. The number of hydrogen-bond donors (Lipinski definition) is 2. The third-order valence-corrected chi connectivity index (χ3v) is 7.10. The fraction of sp³-hybridized carbons (Fsp3) is 0.292. The van der Waals surface area contributed by atoms with Gasteiger partial charge in [-0.2, -0.15) is 8.42 Å². The van der Waals surface area contributed by atoms with Gasteiger partial charge in [0, 0.05) is 18.1 Å². The number of fused-ring (bicyclic) bond motifs is 2. The summed E-state index contributed by atoms with van der Waals surface area (Å²) in [5.41, 5.74) is 9.13. The topological polar surface area (TPSA) is 127 Å². The van der Waals surface area contributed by atoms with Gasteiger partial charge in [0.2, 0.25) is 0 Å². The van der Waals surface area contributed by atoms with Crippen molar-refractivity contribution in [2.75, 3.05) is 17.9 Å². The van der Waals surface area contributed by atoms with Crippen LogP contribution in [0.25, 0.3) is 10.9 Å². The third kappa shape index (κ3) is 4.16. The molecule has 3 aromatic rings. The van der Waals surface area contributed by atoms with Crippen LogP contribution in [0.4, 0.5) is 5.69 Å². The van der Waals surface area contributed by atoms with Crippen LogP contribution in [0.15, 0.2) is 53.1 Å². The van der Waals surface area contributed by atoms with Crippen molar-refractivity contribution in [2.24, 2.45) is 10.1 Å². The van der Waals surface area contributed by atoms with Gasteiger partial charge in [-0.05, 0) is 56.5 Å². The van der Waals surface area contributed by atoms with Gasteiger partial charge in [-0.15, -0.1) is 4.40 Å². The van der Waals surface area contributed by atoms with Gasteiger partial charge in [-0.25, -0.2) is 0 Å². The fourth-order valence-electron chi connectivity index (χ4n) is 4.57. The lowest BCUT2D eigenvalue weighted by atomic mass is 9.99. The zero-order valence-corrected chi connectivity index (χ0v) is 19.5. The number of pyridine rings is 1. The summed E-state index contributed by atoms with van der Waals surface area (Å²) in [6.45, 7) is 2.89. The van der Waals surface area contributed by atoms with Gasteiger partial charge in [-0.3, -0.25) is 14.5 Å². The highest BCUT2D eigenvalue weighted by Gasteiger charge is 2.30. The van der Waals surface area contributed by atoms with E-state index in [1.54, 1.807) is 30.5 Å². The van der Waals surface area contributed by atoms with Gasteiger partial charge in [0.15, 0.2) is 5.84 Å². The number of aryl methyl sites for hydroxylation is 1. The number of ether oxygens (including phenoxy) is 1. The van der Waals surface area contributed by atoms with E-state index in [9.17, 15) is 13.2 Å². The van der Waals surface area contributed by atoms with Crippen LogP contribution in [0.2, 0.25) is 0 Å². The van der Waals surface area contributed by atoms with Crippen molar-refractivity contribution in [2.45, 2.75) is 32.2 Å². The second-order valence-electron chi connectivity index (χ2n) is 8.57. The predicted molar refractivity (Wildman–Crippen MR) is 130 cm³/mol. The SMILES string of the molecule is Cc1ccc2nccc(C(=O)N3CCCCC3COc3cccc4c3C(N)=NS(=O)(=O)N4)c2c1. The van der Waals surface area contributed by atoms with Gasteiger partial charge >= 0.3 is 10.2 Å². The van der Waals surface area contributed by atoms with Crippen LogP contribution in [0.5, 0.6) is 5.75 Å². The molecule has 0 aliphatic carbocycles. The molecular weight excluding hydrogens is 454 g/mol. The Morgan fingerprint density at radius 3 is 2.94 bits per heavy atom. The number of amides is 1. The molecule has 1 saturated heterocycles. The molecule has 1 fully saturated rings. The van der Waals surface area contributed by atoms with Crippen molar-refractivity contribution >= 4 is 38.5 Å². The average Bonchev–Trinajstić information content (AvgIpc) is 2.81. The zero-order chi connectivity index (χ0) is 23.9. The number of nitrogens with zero attached hydrogens (tertiary/aromatic N) is 3. The second-order valence-corrected chi connectivity index (χ2v) is 9.91. The summed E-state index contributed by atoms with van der Waals surface area (Å²) in [5.74, 6) is 0.249. The van der Waals surface area contributed by atoms with E-state index in [0.29, 0.717) is 29.1 Å². The van der Waals surface area contributed by atoms with Crippen LogP contribution in [-0.4, -0.2) is 49.2 Å². The smallest absolute Gasteiger partial charge is 0.344 e. The molecule has 3 heterocycles. The Hall–Kier alpha value is -3.66. The minimum Gasteiger partial charge on any atom is -0.491 e. The highest BCUT2D eigenvalue weighted by atomic mass is 32.2. The molecule has 0 spiro atoms. The molecule has 3 N–H and O–H groups in total. The Balaban J connectivity index is 1.41. The lowest BCUT2D eigenvalue weighted by Crippen LogP contribution is -2.46. The molecule has 2 aromatic carbocycles. The maximum atomic E-state index is 13.6. The number of carbonyl (C=O) groups excluding carboxylic acids is 1. The van der Waals surface area contributed by atoms with Crippen molar-refractivity contribution in [3.8, 4) is 5.75 Å². The highest BCUT2D eigenvalue weighted by molar-refractivity contribution is 7.91. The second kappa shape index (κ2) is 8.60. The van der Waals surface area contributed by atoms with Gasteiger partial charge in [0.25, 0.3) is 5.91 Å². The molecule has 2 aliphatic rings. The van der Waals surface area contributed by atoms with E-state index in [4.69, 9.17) is 10.5 Å². The Bertz CT molecular complexity index is 1420. The molecule has 0 saturated carbocycles. The van der Waals surface area contributed by atoms with Crippen LogP contribution >= 0.6 is 0 Å². The van der Waals surface area contributed by atoms with Crippen molar-refractivity contribution in [1.82, 2.24) is 9.88 Å². The summed E-state index contributed by atoms with van der Waals surface area (Å²) in [6, 6.07) is 12.5. The molecule has 9 nitrogen and oxygen atoms in total. The quantitative estimate of drug-likeness (QED) is 0.592. The molecule has 0 radical (unpaired) electrons. The van der Waals surface area contributed by atoms with Gasteiger partial charge in [0.1, 0.15) is 12.4 Å². The van der Waals surface area contributed by atoms with Crippen molar-refractivity contribution in [1.29, 1.82) is 0 Å². The average molecular weight is 480 g/mol. The summed E-state index contributed by atoms with van der Waals surface area (Å²) in [4.78, 5) is 19.9. The number of aromatic nitrogens is 1. The van der Waals surface area contributed by atoms with E-state index >= 15 is 0 Å². The van der Waals surface area contributed by atoms with E-state index in [2.05, 4.69) is 14.1 Å². The first-order valence-corrected chi connectivity index (χ1v) is 12.6. The first-order valence-electron chi connectivity index (χ1n) is 11.1. The first kappa shape index (κ1) is 22.1. The molecule has 0 bridgehead atoms.